The Hall–Kier alpha value is -1.84. The number of nitrogens with one attached hydrogen (secondary N) is 1. The quantitative estimate of drug-likeness (QED) is 0.591. The molecule has 1 aliphatic carbocycles. The number of rotatable bonds is 2. The summed E-state index contributed by atoms with van der Waals surface area (Å²) in [7, 11) is 1.70. The highest BCUT2D eigenvalue weighted by Gasteiger charge is 2.25. The smallest absolute Gasteiger partial charge is 0.138 e. The average Bonchev–Trinajstić information content (AvgIpc) is 3.07. The molecule has 1 fully saturated rings. The van der Waals surface area contributed by atoms with E-state index in [4.69, 9.17) is 5.73 Å². The minimum Gasteiger partial charge on any atom is -0.383 e. The van der Waals surface area contributed by atoms with Crippen LogP contribution in [-0.2, 0) is 0 Å². The summed E-state index contributed by atoms with van der Waals surface area (Å²) in [4.78, 5) is 11.7. The maximum atomic E-state index is 5.87. The largest absolute Gasteiger partial charge is 0.383 e. The first-order chi connectivity index (χ1) is 7.79. The number of pyridine rings is 1. The van der Waals surface area contributed by atoms with Gasteiger partial charge in [0, 0.05) is 29.9 Å². The topological polar surface area (TPSA) is 67.1 Å². The molecular weight excluding hydrogens is 200 g/mol. The number of hydrogen-bond donors (Lipinski definition) is 2. The molecule has 16 heavy (non-hydrogen) atoms. The summed E-state index contributed by atoms with van der Waals surface area (Å²) < 4.78 is 0. The summed E-state index contributed by atoms with van der Waals surface area (Å²) >= 11 is 0. The minimum atomic E-state index is 0.564. The van der Waals surface area contributed by atoms with Crippen LogP contribution in [0.4, 0.5) is 0 Å². The Labute approximate surface area is 93.6 Å². The molecule has 4 nitrogen and oxygen atoms in total. The van der Waals surface area contributed by atoms with Gasteiger partial charge in [0.05, 0.1) is 0 Å². The van der Waals surface area contributed by atoms with Crippen molar-refractivity contribution in [3.63, 3.8) is 0 Å². The number of nitrogens with zero attached hydrogens (tertiary/aromatic N) is 2. The van der Waals surface area contributed by atoms with Crippen molar-refractivity contribution in [1.29, 1.82) is 0 Å². The number of aliphatic imine (C=N–C) groups is 1. The number of H-pyrrole nitrogens is 1. The molecule has 0 bridgehead atoms. The zero-order valence-corrected chi connectivity index (χ0v) is 9.20. The summed E-state index contributed by atoms with van der Waals surface area (Å²) in [6, 6.07) is 4.07. The van der Waals surface area contributed by atoms with E-state index in [0.29, 0.717) is 11.8 Å². The molecule has 0 amide bonds. The van der Waals surface area contributed by atoms with Crippen LogP contribution in [0.3, 0.4) is 0 Å². The Bertz CT molecular complexity index is 563. The molecule has 3 N–H and O–H groups in total. The summed E-state index contributed by atoms with van der Waals surface area (Å²) in [5.74, 6) is 1.26. The third-order valence-electron chi connectivity index (χ3n) is 3.09. The van der Waals surface area contributed by atoms with E-state index < -0.39 is 0 Å². The third-order valence-corrected chi connectivity index (χ3v) is 3.09. The van der Waals surface area contributed by atoms with Gasteiger partial charge < -0.3 is 10.7 Å². The van der Waals surface area contributed by atoms with E-state index in [0.717, 1.165) is 16.6 Å². The van der Waals surface area contributed by atoms with Crippen LogP contribution in [0.15, 0.2) is 23.3 Å². The number of amidine groups is 1. The highest BCUT2D eigenvalue weighted by Crippen LogP contribution is 2.40. The lowest BCUT2D eigenvalue weighted by atomic mass is 10.1. The fourth-order valence-electron chi connectivity index (χ4n) is 2.01. The average molecular weight is 214 g/mol. The molecule has 4 heteroatoms. The highest BCUT2D eigenvalue weighted by atomic mass is 14.9. The normalized spacial score (nSPS) is 16.9. The van der Waals surface area contributed by atoms with Crippen molar-refractivity contribution >= 4 is 16.9 Å². The van der Waals surface area contributed by atoms with Crippen LogP contribution in [0, 0.1) is 0 Å². The van der Waals surface area contributed by atoms with Gasteiger partial charge in [-0.05, 0) is 30.9 Å². The van der Waals surface area contributed by atoms with Crippen molar-refractivity contribution in [3.8, 4) is 0 Å². The standard InChI is InChI=1S/C12H14N4/c1-14-11(13)8-4-5-15-12-9(8)6-10(16-12)7-2-3-7/h4-7H,2-3H2,1H3,(H2,13,14)(H,15,16). The van der Waals surface area contributed by atoms with E-state index in [1.165, 1.54) is 18.5 Å². The van der Waals surface area contributed by atoms with Gasteiger partial charge in [-0.15, -0.1) is 0 Å². The molecule has 0 aliphatic heterocycles. The first kappa shape index (κ1) is 9.39. The van der Waals surface area contributed by atoms with Crippen LogP contribution in [-0.4, -0.2) is 22.9 Å². The molecule has 2 aromatic rings. The lowest BCUT2D eigenvalue weighted by molar-refractivity contribution is 1.05. The van der Waals surface area contributed by atoms with Gasteiger partial charge in [0.15, 0.2) is 0 Å². The predicted octanol–water partition coefficient (Wildman–Crippen LogP) is 1.78. The number of fused-ring (bicyclic) bond motifs is 1. The molecule has 0 saturated heterocycles. The van der Waals surface area contributed by atoms with E-state index >= 15 is 0 Å². The predicted molar refractivity (Wildman–Crippen MR) is 64.7 cm³/mol. The van der Waals surface area contributed by atoms with Gasteiger partial charge in [-0.25, -0.2) is 4.98 Å². The van der Waals surface area contributed by atoms with E-state index in [1.807, 2.05) is 6.07 Å². The first-order valence-electron chi connectivity index (χ1n) is 5.50. The SMILES string of the molecule is CN=C(N)c1ccnc2[nH]c(C3CC3)cc12. The Kier molecular flexibility index (Phi) is 1.96. The summed E-state index contributed by atoms with van der Waals surface area (Å²) in [6.45, 7) is 0. The van der Waals surface area contributed by atoms with Gasteiger partial charge in [0.1, 0.15) is 11.5 Å². The van der Waals surface area contributed by atoms with Crippen LogP contribution in [0.5, 0.6) is 0 Å². The first-order valence-corrected chi connectivity index (χ1v) is 5.50. The second kappa shape index (κ2) is 3.33. The van der Waals surface area contributed by atoms with Gasteiger partial charge >= 0.3 is 0 Å². The van der Waals surface area contributed by atoms with Crippen LogP contribution < -0.4 is 5.73 Å². The van der Waals surface area contributed by atoms with Crippen molar-refractivity contribution in [2.75, 3.05) is 7.05 Å². The second-order valence-corrected chi connectivity index (χ2v) is 4.23. The Balaban J connectivity index is 2.21. The number of hydrogen-bond acceptors (Lipinski definition) is 2. The minimum absolute atomic E-state index is 0.564. The van der Waals surface area contributed by atoms with E-state index in [9.17, 15) is 0 Å². The van der Waals surface area contributed by atoms with E-state index in [1.54, 1.807) is 13.2 Å². The monoisotopic (exact) mass is 214 g/mol. The molecule has 1 saturated carbocycles. The number of aromatic nitrogens is 2. The van der Waals surface area contributed by atoms with Crippen LogP contribution in [0.25, 0.3) is 11.0 Å². The van der Waals surface area contributed by atoms with Crippen molar-refractivity contribution in [3.05, 3.63) is 29.6 Å². The van der Waals surface area contributed by atoms with Gasteiger partial charge in [0.25, 0.3) is 0 Å². The third kappa shape index (κ3) is 1.38. The van der Waals surface area contributed by atoms with Crippen molar-refractivity contribution < 1.29 is 0 Å². The number of aromatic amines is 1. The maximum Gasteiger partial charge on any atom is 0.138 e. The lowest BCUT2D eigenvalue weighted by Crippen LogP contribution is -2.13. The molecule has 0 radical (unpaired) electrons. The Morgan fingerprint density at radius 3 is 3.06 bits per heavy atom. The molecule has 82 valence electrons. The van der Waals surface area contributed by atoms with Crippen LogP contribution >= 0.6 is 0 Å². The fourth-order valence-corrected chi connectivity index (χ4v) is 2.01. The molecule has 3 rings (SSSR count). The zero-order valence-electron chi connectivity index (χ0n) is 9.20. The van der Waals surface area contributed by atoms with Crippen molar-refractivity contribution in [1.82, 2.24) is 9.97 Å². The van der Waals surface area contributed by atoms with Crippen LogP contribution in [0.2, 0.25) is 0 Å². The summed E-state index contributed by atoms with van der Waals surface area (Å²) in [5.41, 5.74) is 9.02. The van der Waals surface area contributed by atoms with Gasteiger partial charge in [-0.3, -0.25) is 4.99 Å². The molecule has 0 unspecified atom stereocenters. The molecule has 1 aliphatic rings. The van der Waals surface area contributed by atoms with Crippen molar-refractivity contribution in [2.24, 2.45) is 10.7 Å². The summed E-state index contributed by atoms with van der Waals surface area (Å²) in [5, 5.41) is 1.08. The molecule has 0 aromatic carbocycles. The Morgan fingerprint density at radius 2 is 2.38 bits per heavy atom. The van der Waals surface area contributed by atoms with Gasteiger partial charge in [-0.1, -0.05) is 0 Å². The molecule has 0 spiro atoms. The van der Waals surface area contributed by atoms with Gasteiger partial charge in [-0.2, -0.15) is 0 Å². The second-order valence-electron chi connectivity index (χ2n) is 4.23. The maximum absolute atomic E-state index is 5.87. The van der Waals surface area contributed by atoms with Crippen LogP contribution in [0.1, 0.15) is 30.0 Å². The summed E-state index contributed by atoms with van der Waals surface area (Å²) in [6.07, 6.45) is 4.32. The fraction of sp³-hybridized carbons (Fsp3) is 0.333. The van der Waals surface area contributed by atoms with E-state index in [-0.39, 0.29) is 0 Å². The van der Waals surface area contributed by atoms with E-state index in [2.05, 4.69) is 21.0 Å². The molecular formula is C12H14N4. The lowest BCUT2D eigenvalue weighted by Gasteiger charge is -1.99. The molecule has 2 aromatic heterocycles. The highest BCUT2D eigenvalue weighted by molar-refractivity contribution is 6.07. The Morgan fingerprint density at radius 1 is 1.56 bits per heavy atom. The molecule has 0 atom stereocenters. The number of nitrogens with two attached hydrogens (primary N) is 1. The van der Waals surface area contributed by atoms with Gasteiger partial charge in [0.2, 0.25) is 0 Å². The zero-order chi connectivity index (χ0) is 11.1. The van der Waals surface area contributed by atoms with Crippen molar-refractivity contribution in [2.45, 2.75) is 18.8 Å². The molecule has 2 heterocycles.